The normalized spacial score (nSPS) is 12.3. The molecule has 0 aromatic heterocycles. The summed E-state index contributed by atoms with van der Waals surface area (Å²) in [7, 11) is 3.15. The molecule has 0 fully saturated rings. The molecule has 31 heavy (non-hydrogen) atoms. The van der Waals surface area contributed by atoms with Gasteiger partial charge in [-0.05, 0) is 0 Å². The standard InChI is InChI=1S/C25H33AsO5/c1-25(2,24(28)29)13-9-15-26(14-8-12-19-10-6-5-7-11-19)23(27)20-16-21(30-3)18-22(17-20)31-4/h5-7,10-11,16-18H,8-9,12-15H2,1-4H3,(H,28,29). The van der Waals surface area contributed by atoms with Crippen LogP contribution < -0.4 is 9.47 Å². The van der Waals surface area contributed by atoms with E-state index in [1.807, 2.05) is 18.2 Å². The quantitative estimate of drug-likeness (QED) is 0.380. The first kappa shape index (κ1) is 25.0. The second-order valence-corrected chi connectivity index (χ2v) is 13.3. The summed E-state index contributed by atoms with van der Waals surface area (Å²) < 4.78 is 10.9. The fourth-order valence-electron chi connectivity index (χ4n) is 3.37. The molecule has 5 nitrogen and oxygen atoms in total. The van der Waals surface area contributed by atoms with E-state index in [0.29, 0.717) is 23.5 Å². The Morgan fingerprint density at radius 2 is 1.52 bits per heavy atom. The minimum absolute atomic E-state index is 0.200. The molecule has 0 bridgehead atoms. The van der Waals surface area contributed by atoms with E-state index in [2.05, 4.69) is 12.1 Å². The summed E-state index contributed by atoms with van der Waals surface area (Å²) in [4.78, 5) is 24.9. The van der Waals surface area contributed by atoms with Gasteiger partial charge in [-0.25, -0.2) is 0 Å². The number of hydrogen-bond acceptors (Lipinski definition) is 4. The first-order valence-electron chi connectivity index (χ1n) is 10.6. The van der Waals surface area contributed by atoms with Gasteiger partial charge in [0, 0.05) is 0 Å². The van der Waals surface area contributed by atoms with Gasteiger partial charge in [-0.3, -0.25) is 0 Å². The molecule has 0 saturated carbocycles. The molecule has 2 aromatic carbocycles. The first-order valence-corrected chi connectivity index (χ1v) is 14.2. The zero-order chi connectivity index (χ0) is 22.9. The number of carbonyl (C=O) groups is 2. The Kier molecular flexibility index (Phi) is 9.64. The molecule has 0 saturated heterocycles. The molecule has 168 valence electrons. The number of aliphatic carboxylic acids is 1. The summed E-state index contributed by atoms with van der Waals surface area (Å²) in [5.74, 6) is 0.417. The molecule has 0 aliphatic heterocycles. The predicted octanol–water partition coefficient (Wildman–Crippen LogP) is 5.44. The zero-order valence-corrected chi connectivity index (χ0v) is 20.8. The molecule has 0 radical (unpaired) electrons. The van der Waals surface area contributed by atoms with Crippen LogP contribution in [0, 0.1) is 5.41 Å². The van der Waals surface area contributed by atoms with Gasteiger partial charge in [0.15, 0.2) is 0 Å². The van der Waals surface area contributed by atoms with E-state index in [-0.39, 0.29) is 4.57 Å². The first-order chi connectivity index (χ1) is 14.8. The second-order valence-electron chi connectivity index (χ2n) is 8.28. The molecular weight excluding hydrogens is 455 g/mol. The fraction of sp³-hybridized carbons (Fsp3) is 0.440. The van der Waals surface area contributed by atoms with E-state index in [0.717, 1.165) is 29.7 Å². The molecule has 2 aromatic rings. The number of rotatable bonds is 13. The van der Waals surface area contributed by atoms with Crippen LogP contribution in [-0.2, 0) is 11.2 Å². The van der Waals surface area contributed by atoms with Gasteiger partial charge in [-0.1, -0.05) is 0 Å². The number of aryl methyl sites for hydroxylation is 1. The van der Waals surface area contributed by atoms with Crippen molar-refractivity contribution in [2.45, 2.75) is 49.9 Å². The van der Waals surface area contributed by atoms with Crippen molar-refractivity contribution in [1.29, 1.82) is 0 Å². The molecule has 1 unspecified atom stereocenters. The Hall–Kier alpha value is -2.26. The minimum atomic E-state index is -1.91. The van der Waals surface area contributed by atoms with E-state index in [4.69, 9.17) is 9.47 Å². The van der Waals surface area contributed by atoms with Crippen LogP contribution in [0.15, 0.2) is 48.5 Å². The Morgan fingerprint density at radius 1 is 0.935 bits per heavy atom. The Bertz CT molecular complexity index is 841. The van der Waals surface area contributed by atoms with E-state index in [1.54, 1.807) is 46.3 Å². The molecule has 1 N–H and O–H groups in total. The Balaban J connectivity index is 2.13. The van der Waals surface area contributed by atoms with Crippen LogP contribution >= 0.6 is 0 Å². The zero-order valence-electron chi connectivity index (χ0n) is 18.9. The molecule has 0 aliphatic rings. The maximum atomic E-state index is 13.5. The van der Waals surface area contributed by atoms with Crippen molar-refractivity contribution in [1.82, 2.24) is 0 Å². The number of ether oxygens (including phenoxy) is 2. The molecule has 0 aliphatic carbocycles. The third-order valence-electron chi connectivity index (χ3n) is 5.43. The van der Waals surface area contributed by atoms with E-state index < -0.39 is 26.0 Å². The van der Waals surface area contributed by atoms with Crippen LogP contribution in [-0.4, -0.2) is 44.5 Å². The third-order valence-corrected chi connectivity index (χ3v) is 10.8. The van der Waals surface area contributed by atoms with Gasteiger partial charge in [-0.15, -0.1) is 0 Å². The number of carboxylic acids is 1. The van der Waals surface area contributed by atoms with Crippen molar-refractivity contribution in [2.75, 3.05) is 14.2 Å². The van der Waals surface area contributed by atoms with E-state index in [1.165, 1.54) is 5.56 Å². The molecular formula is C25H33AsO5. The Morgan fingerprint density at radius 3 is 2.06 bits per heavy atom. The Labute approximate surface area is 190 Å². The SMILES string of the molecule is COc1cc(OC)cc(C(=O)[As](CCCc2ccccc2)CCCC(C)(C)C(=O)O)c1. The molecule has 1 atom stereocenters. The van der Waals surface area contributed by atoms with Crippen molar-refractivity contribution >= 4 is 25.2 Å². The number of methoxy groups -OCH3 is 2. The van der Waals surface area contributed by atoms with E-state index in [9.17, 15) is 14.7 Å². The fourth-order valence-corrected chi connectivity index (χ4v) is 7.99. The monoisotopic (exact) mass is 488 g/mol. The van der Waals surface area contributed by atoms with Crippen molar-refractivity contribution < 1.29 is 24.2 Å². The van der Waals surface area contributed by atoms with Gasteiger partial charge < -0.3 is 0 Å². The number of carbonyl (C=O) groups excluding carboxylic acids is 1. The van der Waals surface area contributed by atoms with E-state index >= 15 is 0 Å². The summed E-state index contributed by atoms with van der Waals surface area (Å²) in [5.41, 5.74) is 1.14. The summed E-state index contributed by atoms with van der Waals surface area (Å²) in [5, 5.41) is 11.1. The van der Waals surface area contributed by atoms with Gasteiger partial charge >= 0.3 is 190 Å². The van der Waals surface area contributed by atoms with Gasteiger partial charge in [0.05, 0.1) is 0 Å². The maximum absolute atomic E-state index is 13.5. The molecule has 0 heterocycles. The van der Waals surface area contributed by atoms with Crippen LogP contribution in [0.4, 0.5) is 0 Å². The topological polar surface area (TPSA) is 72.8 Å². The van der Waals surface area contributed by atoms with Crippen molar-refractivity contribution in [3.05, 3.63) is 59.7 Å². The summed E-state index contributed by atoms with van der Waals surface area (Å²) in [6.45, 7) is 3.49. The van der Waals surface area contributed by atoms with Gasteiger partial charge in [0.1, 0.15) is 0 Å². The summed E-state index contributed by atoms with van der Waals surface area (Å²) in [6, 6.07) is 15.6. The third kappa shape index (κ3) is 7.74. The van der Waals surface area contributed by atoms with Crippen LogP contribution in [0.25, 0.3) is 0 Å². The average molecular weight is 488 g/mol. The molecule has 0 amide bonds. The van der Waals surface area contributed by atoms with Crippen LogP contribution in [0.5, 0.6) is 11.5 Å². The van der Waals surface area contributed by atoms with Gasteiger partial charge in [0.25, 0.3) is 0 Å². The van der Waals surface area contributed by atoms with Crippen LogP contribution in [0.2, 0.25) is 10.4 Å². The van der Waals surface area contributed by atoms with Crippen LogP contribution in [0.3, 0.4) is 0 Å². The second kappa shape index (κ2) is 11.9. The molecule has 0 spiro atoms. The predicted molar refractivity (Wildman–Crippen MR) is 125 cm³/mol. The van der Waals surface area contributed by atoms with Gasteiger partial charge in [0.2, 0.25) is 0 Å². The summed E-state index contributed by atoms with van der Waals surface area (Å²) in [6.07, 6.45) is 3.22. The number of benzene rings is 2. The van der Waals surface area contributed by atoms with Crippen LogP contribution in [0.1, 0.15) is 49.0 Å². The van der Waals surface area contributed by atoms with Crippen molar-refractivity contribution in [3.8, 4) is 11.5 Å². The average Bonchev–Trinajstić information content (AvgIpc) is 2.77. The summed E-state index contributed by atoms with van der Waals surface area (Å²) >= 11 is -1.91. The van der Waals surface area contributed by atoms with Gasteiger partial charge in [-0.2, -0.15) is 0 Å². The number of hydrogen-bond donors (Lipinski definition) is 1. The molecule has 2 rings (SSSR count). The van der Waals surface area contributed by atoms with Crippen molar-refractivity contribution in [3.63, 3.8) is 0 Å². The number of carboxylic acid groups (broad SMARTS) is 1. The molecule has 6 heteroatoms. The van der Waals surface area contributed by atoms with Crippen molar-refractivity contribution in [2.24, 2.45) is 5.41 Å².